The number of likely N-dealkylation sites (tertiary alicyclic amines) is 1. The maximum Gasteiger partial charge on any atom is 0.0916 e. The van der Waals surface area contributed by atoms with Crippen molar-refractivity contribution in [2.45, 2.75) is 32.3 Å². The van der Waals surface area contributed by atoms with Gasteiger partial charge in [0.25, 0.3) is 0 Å². The van der Waals surface area contributed by atoms with E-state index in [1.807, 2.05) is 12.1 Å². The maximum atomic E-state index is 10.4. The SMILES string of the molecule is Cc1ccc(C(O)CN2CCC(CCN(C)C)CC2)cc1. The summed E-state index contributed by atoms with van der Waals surface area (Å²) in [4.78, 5) is 4.68. The van der Waals surface area contributed by atoms with Gasteiger partial charge in [0.05, 0.1) is 6.10 Å². The summed E-state index contributed by atoms with van der Waals surface area (Å²) in [6.07, 6.45) is 3.49. The Morgan fingerprint density at radius 3 is 2.38 bits per heavy atom. The van der Waals surface area contributed by atoms with Gasteiger partial charge in [0.2, 0.25) is 0 Å². The average Bonchev–Trinajstić information content (AvgIpc) is 2.47. The van der Waals surface area contributed by atoms with Gasteiger partial charge in [-0.2, -0.15) is 0 Å². The number of aryl methyl sites for hydroxylation is 1. The summed E-state index contributed by atoms with van der Waals surface area (Å²) >= 11 is 0. The third kappa shape index (κ3) is 5.42. The topological polar surface area (TPSA) is 26.7 Å². The largest absolute Gasteiger partial charge is 0.387 e. The van der Waals surface area contributed by atoms with Crippen molar-refractivity contribution in [3.05, 3.63) is 35.4 Å². The second-order valence-electron chi connectivity index (χ2n) is 6.76. The van der Waals surface area contributed by atoms with Crippen LogP contribution in [0.1, 0.15) is 36.5 Å². The molecule has 0 bridgehead atoms. The highest BCUT2D eigenvalue weighted by atomic mass is 16.3. The zero-order chi connectivity index (χ0) is 15.2. The second-order valence-corrected chi connectivity index (χ2v) is 6.76. The number of nitrogens with zero attached hydrogens (tertiary/aromatic N) is 2. The number of hydrogen-bond donors (Lipinski definition) is 1. The summed E-state index contributed by atoms with van der Waals surface area (Å²) in [6, 6.07) is 8.24. The molecule has 1 aromatic carbocycles. The van der Waals surface area contributed by atoms with Gasteiger partial charge in [-0.15, -0.1) is 0 Å². The van der Waals surface area contributed by atoms with Crippen LogP contribution in [0.3, 0.4) is 0 Å². The Labute approximate surface area is 129 Å². The highest BCUT2D eigenvalue weighted by Crippen LogP contribution is 2.23. The number of aliphatic hydroxyl groups excluding tert-OH is 1. The Hall–Kier alpha value is -0.900. The highest BCUT2D eigenvalue weighted by Gasteiger charge is 2.21. The number of aliphatic hydroxyl groups is 1. The first kappa shape index (κ1) is 16.5. The first-order valence-electron chi connectivity index (χ1n) is 8.16. The molecular formula is C18H30N2O. The highest BCUT2D eigenvalue weighted by molar-refractivity contribution is 5.23. The van der Waals surface area contributed by atoms with Crippen LogP contribution in [-0.2, 0) is 0 Å². The minimum atomic E-state index is -0.357. The van der Waals surface area contributed by atoms with Crippen LogP contribution in [0.15, 0.2) is 24.3 Å². The lowest BCUT2D eigenvalue weighted by molar-refractivity contribution is 0.0868. The number of β-amino-alcohol motifs (C(OH)–C–C–N with tert-alkyl or cyclic N) is 1. The number of hydrogen-bond acceptors (Lipinski definition) is 3. The van der Waals surface area contributed by atoms with Crippen LogP contribution < -0.4 is 0 Å². The van der Waals surface area contributed by atoms with E-state index in [0.717, 1.165) is 31.1 Å². The molecule has 1 aliphatic rings. The quantitative estimate of drug-likeness (QED) is 0.872. The maximum absolute atomic E-state index is 10.4. The standard InChI is InChI=1S/C18H30N2O/c1-15-4-6-17(7-5-15)18(21)14-20-12-9-16(10-13-20)8-11-19(2)3/h4-7,16,18,21H,8-14H2,1-3H3. The monoisotopic (exact) mass is 290 g/mol. The lowest BCUT2D eigenvalue weighted by Crippen LogP contribution is -2.37. The van der Waals surface area contributed by atoms with Crippen molar-refractivity contribution < 1.29 is 5.11 Å². The summed E-state index contributed by atoms with van der Waals surface area (Å²) in [6.45, 7) is 6.29. The van der Waals surface area contributed by atoms with E-state index in [9.17, 15) is 5.11 Å². The molecule has 0 amide bonds. The van der Waals surface area contributed by atoms with E-state index in [1.165, 1.54) is 31.4 Å². The normalized spacial score (nSPS) is 19.1. The summed E-state index contributed by atoms with van der Waals surface area (Å²) in [7, 11) is 4.29. The Morgan fingerprint density at radius 1 is 1.19 bits per heavy atom. The van der Waals surface area contributed by atoms with E-state index < -0.39 is 0 Å². The molecule has 1 aliphatic heterocycles. The van der Waals surface area contributed by atoms with Crippen LogP contribution in [0.4, 0.5) is 0 Å². The molecule has 0 saturated carbocycles. The molecule has 1 unspecified atom stereocenters. The van der Waals surface area contributed by atoms with Gasteiger partial charge < -0.3 is 14.9 Å². The molecule has 1 atom stereocenters. The van der Waals surface area contributed by atoms with Crippen molar-refractivity contribution in [1.82, 2.24) is 9.80 Å². The molecule has 0 aliphatic carbocycles. The smallest absolute Gasteiger partial charge is 0.0916 e. The summed E-state index contributed by atoms with van der Waals surface area (Å²) in [5.41, 5.74) is 2.28. The van der Waals surface area contributed by atoms with Gasteiger partial charge in [-0.1, -0.05) is 29.8 Å². The minimum absolute atomic E-state index is 0.357. The van der Waals surface area contributed by atoms with Crippen LogP contribution in [0.2, 0.25) is 0 Å². The minimum Gasteiger partial charge on any atom is -0.387 e. The Kier molecular flexibility index (Phi) is 6.22. The molecule has 1 fully saturated rings. The molecule has 21 heavy (non-hydrogen) atoms. The van der Waals surface area contributed by atoms with Gasteiger partial charge in [-0.25, -0.2) is 0 Å². The van der Waals surface area contributed by atoms with Gasteiger partial charge in [0, 0.05) is 6.54 Å². The van der Waals surface area contributed by atoms with Crippen LogP contribution in [-0.4, -0.2) is 55.2 Å². The van der Waals surface area contributed by atoms with Crippen LogP contribution in [0.5, 0.6) is 0 Å². The zero-order valence-corrected chi connectivity index (χ0v) is 13.8. The Morgan fingerprint density at radius 2 is 1.81 bits per heavy atom. The van der Waals surface area contributed by atoms with E-state index in [-0.39, 0.29) is 6.10 Å². The molecule has 0 radical (unpaired) electrons. The first-order valence-corrected chi connectivity index (χ1v) is 8.16. The molecule has 0 aromatic heterocycles. The summed E-state index contributed by atoms with van der Waals surface area (Å²) < 4.78 is 0. The molecule has 0 spiro atoms. The average molecular weight is 290 g/mol. The van der Waals surface area contributed by atoms with Crippen molar-refractivity contribution in [1.29, 1.82) is 0 Å². The number of rotatable bonds is 6. The van der Waals surface area contributed by atoms with Crippen molar-refractivity contribution in [3.63, 3.8) is 0 Å². The van der Waals surface area contributed by atoms with Crippen molar-refractivity contribution in [3.8, 4) is 0 Å². The lowest BCUT2D eigenvalue weighted by Gasteiger charge is -2.33. The van der Waals surface area contributed by atoms with Crippen molar-refractivity contribution in [2.75, 3.05) is 40.3 Å². The van der Waals surface area contributed by atoms with Crippen LogP contribution in [0.25, 0.3) is 0 Å². The van der Waals surface area contributed by atoms with E-state index in [1.54, 1.807) is 0 Å². The fourth-order valence-corrected chi connectivity index (χ4v) is 3.04. The van der Waals surface area contributed by atoms with Crippen LogP contribution in [0, 0.1) is 12.8 Å². The molecule has 2 rings (SSSR count). The predicted octanol–water partition coefficient (Wildman–Crippen LogP) is 2.69. The second kappa shape index (κ2) is 7.92. The van der Waals surface area contributed by atoms with E-state index >= 15 is 0 Å². The van der Waals surface area contributed by atoms with E-state index in [0.29, 0.717) is 0 Å². The predicted molar refractivity (Wildman–Crippen MR) is 88.5 cm³/mol. The van der Waals surface area contributed by atoms with Gasteiger partial charge in [0.1, 0.15) is 0 Å². The molecular weight excluding hydrogens is 260 g/mol. The number of piperidine rings is 1. The molecule has 1 heterocycles. The summed E-state index contributed by atoms with van der Waals surface area (Å²) in [5, 5.41) is 10.4. The van der Waals surface area contributed by atoms with E-state index in [4.69, 9.17) is 0 Å². The van der Waals surface area contributed by atoms with Gasteiger partial charge >= 0.3 is 0 Å². The van der Waals surface area contributed by atoms with Gasteiger partial charge in [-0.05, 0) is 71.4 Å². The zero-order valence-electron chi connectivity index (χ0n) is 13.8. The molecule has 3 nitrogen and oxygen atoms in total. The summed E-state index contributed by atoms with van der Waals surface area (Å²) in [5.74, 6) is 0.861. The van der Waals surface area contributed by atoms with Crippen LogP contribution >= 0.6 is 0 Å². The molecule has 1 saturated heterocycles. The number of benzene rings is 1. The molecule has 1 N–H and O–H groups in total. The molecule has 3 heteroatoms. The third-order valence-electron chi connectivity index (χ3n) is 4.58. The fourth-order valence-electron chi connectivity index (χ4n) is 3.04. The Balaban J connectivity index is 1.74. The van der Waals surface area contributed by atoms with E-state index in [2.05, 4.69) is 43.0 Å². The Bertz CT molecular complexity index is 408. The van der Waals surface area contributed by atoms with Crippen molar-refractivity contribution in [2.24, 2.45) is 5.92 Å². The fraction of sp³-hybridized carbons (Fsp3) is 0.667. The lowest BCUT2D eigenvalue weighted by atomic mass is 9.93. The molecule has 1 aromatic rings. The van der Waals surface area contributed by atoms with Gasteiger partial charge in [0.15, 0.2) is 0 Å². The molecule has 118 valence electrons. The van der Waals surface area contributed by atoms with Crippen molar-refractivity contribution >= 4 is 0 Å². The van der Waals surface area contributed by atoms with Gasteiger partial charge in [-0.3, -0.25) is 0 Å². The third-order valence-corrected chi connectivity index (χ3v) is 4.58. The first-order chi connectivity index (χ1) is 10.0.